The minimum absolute atomic E-state index is 0.209. The van der Waals surface area contributed by atoms with E-state index in [4.69, 9.17) is 14.0 Å². The standard InChI is InChI=1S/C23H18FN3O4/c1-29-20-8-3-2-7-19(20)23-26-22(27-31-23)15-5-4-6-18(13-15)30-14-21(28)25-17-11-9-16(24)10-12-17/h2-13H,14H2,1H3,(H,25,28). The Hall–Kier alpha value is -4.20. The molecule has 3 aromatic carbocycles. The molecule has 1 heterocycles. The summed E-state index contributed by atoms with van der Waals surface area (Å²) in [6.45, 7) is -0.209. The SMILES string of the molecule is COc1ccccc1-c1nc(-c2cccc(OCC(=O)Nc3ccc(F)cc3)c2)no1. The summed E-state index contributed by atoms with van der Waals surface area (Å²) in [6, 6.07) is 19.8. The Morgan fingerprint density at radius 3 is 2.68 bits per heavy atom. The smallest absolute Gasteiger partial charge is 0.262 e. The average molecular weight is 419 g/mol. The summed E-state index contributed by atoms with van der Waals surface area (Å²) in [5.41, 5.74) is 1.84. The Balaban J connectivity index is 1.43. The lowest BCUT2D eigenvalue weighted by Gasteiger charge is -2.08. The first-order chi connectivity index (χ1) is 15.1. The summed E-state index contributed by atoms with van der Waals surface area (Å²) in [6.07, 6.45) is 0. The number of rotatable bonds is 7. The molecule has 0 atom stereocenters. The molecular weight excluding hydrogens is 401 g/mol. The first kappa shape index (κ1) is 20.1. The van der Waals surface area contributed by atoms with E-state index < -0.39 is 0 Å². The van der Waals surface area contributed by atoms with Gasteiger partial charge in [-0.05, 0) is 48.5 Å². The second-order valence-corrected chi connectivity index (χ2v) is 6.49. The van der Waals surface area contributed by atoms with E-state index >= 15 is 0 Å². The van der Waals surface area contributed by atoms with Crippen molar-refractivity contribution in [1.29, 1.82) is 0 Å². The molecule has 1 N–H and O–H groups in total. The van der Waals surface area contributed by atoms with Crippen molar-refractivity contribution in [3.8, 4) is 34.3 Å². The number of hydrogen-bond donors (Lipinski definition) is 1. The van der Waals surface area contributed by atoms with Crippen molar-refractivity contribution in [2.45, 2.75) is 0 Å². The van der Waals surface area contributed by atoms with E-state index in [1.165, 1.54) is 24.3 Å². The van der Waals surface area contributed by atoms with Crippen molar-refractivity contribution in [1.82, 2.24) is 10.1 Å². The van der Waals surface area contributed by atoms with E-state index in [0.29, 0.717) is 40.0 Å². The molecule has 4 aromatic rings. The molecule has 8 heteroatoms. The van der Waals surface area contributed by atoms with Crippen molar-refractivity contribution in [3.05, 3.63) is 78.6 Å². The number of benzene rings is 3. The van der Waals surface area contributed by atoms with Gasteiger partial charge in [0.15, 0.2) is 6.61 Å². The van der Waals surface area contributed by atoms with Gasteiger partial charge in [0.2, 0.25) is 5.82 Å². The van der Waals surface area contributed by atoms with Gasteiger partial charge in [-0.2, -0.15) is 4.98 Å². The molecule has 31 heavy (non-hydrogen) atoms. The van der Waals surface area contributed by atoms with Crippen molar-refractivity contribution in [3.63, 3.8) is 0 Å². The van der Waals surface area contributed by atoms with Crippen LogP contribution in [-0.4, -0.2) is 29.8 Å². The summed E-state index contributed by atoms with van der Waals surface area (Å²) in [5.74, 6) is 1.06. The van der Waals surface area contributed by atoms with Crippen molar-refractivity contribution >= 4 is 11.6 Å². The molecule has 1 aromatic heterocycles. The largest absolute Gasteiger partial charge is 0.496 e. The average Bonchev–Trinajstić information content (AvgIpc) is 3.30. The Bertz CT molecular complexity index is 1190. The maximum absolute atomic E-state index is 12.9. The van der Waals surface area contributed by atoms with Crippen molar-refractivity contribution < 1.29 is 23.2 Å². The van der Waals surface area contributed by atoms with Gasteiger partial charge in [-0.1, -0.05) is 29.4 Å². The number of nitrogens with one attached hydrogen (secondary N) is 1. The van der Waals surface area contributed by atoms with E-state index in [2.05, 4.69) is 15.5 Å². The molecule has 0 spiro atoms. The van der Waals surface area contributed by atoms with Gasteiger partial charge in [-0.15, -0.1) is 0 Å². The Kier molecular flexibility index (Phi) is 5.89. The molecule has 0 saturated carbocycles. The molecule has 156 valence electrons. The number of anilines is 1. The lowest BCUT2D eigenvalue weighted by atomic mass is 10.2. The first-order valence-electron chi connectivity index (χ1n) is 9.38. The van der Waals surface area contributed by atoms with Crippen LogP contribution in [0, 0.1) is 5.82 Å². The minimum atomic E-state index is -0.374. The maximum Gasteiger partial charge on any atom is 0.262 e. The molecule has 7 nitrogen and oxygen atoms in total. The van der Waals surface area contributed by atoms with E-state index in [1.807, 2.05) is 30.3 Å². The van der Waals surface area contributed by atoms with Gasteiger partial charge in [0.05, 0.1) is 12.7 Å². The number of ether oxygens (including phenoxy) is 2. The molecule has 0 aliphatic heterocycles. The number of nitrogens with zero attached hydrogens (tertiary/aromatic N) is 2. The quantitative estimate of drug-likeness (QED) is 0.472. The van der Waals surface area contributed by atoms with Crippen LogP contribution in [0.25, 0.3) is 22.8 Å². The van der Waals surface area contributed by atoms with E-state index in [-0.39, 0.29) is 18.3 Å². The molecule has 0 aliphatic rings. The van der Waals surface area contributed by atoms with Gasteiger partial charge >= 0.3 is 0 Å². The number of methoxy groups -OCH3 is 1. The van der Waals surface area contributed by atoms with Crippen LogP contribution >= 0.6 is 0 Å². The number of amides is 1. The lowest BCUT2D eigenvalue weighted by molar-refractivity contribution is -0.118. The van der Waals surface area contributed by atoms with Crippen molar-refractivity contribution in [2.24, 2.45) is 0 Å². The molecule has 0 fully saturated rings. The zero-order chi connectivity index (χ0) is 21.6. The minimum Gasteiger partial charge on any atom is -0.496 e. The number of halogens is 1. The molecule has 4 rings (SSSR count). The Morgan fingerprint density at radius 1 is 1.06 bits per heavy atom. The van der Waals surface area contributed by atoms with Crippen molar-refractivity contribution in [2.75, 3.05) is 19.0 Å². The first-order valence-corrected chi connectivity index (χ1v) is 9.38. The van der Waals surface area contributed by atoms with Crippen LogP contribution in [0.1, 0.15) is 0 Å². The zero-order valence-corrected chi connectivity index (χ0v) is 16.5. The highest BCUT2D eigenvalue weighted by atomic mass is 19.1. The third kappa shape index (κ3) is 4.87. The van der Waals surface area contributed by atoms with Crippen LogP contribution in [0.2, 0.25) is 0 Å². The second kappa shape index (κ2) is 9.08. The van der Waals surface area contributed by atoms with E-state index in [0.717, 1.165) is 0 Å². The highest BCUT2D eigenvalue weighted by Crippen LogP contribution is 2.30. The van der Waals surface area contributed by atoms with Crippen LogP contribution in [-0.2, 0) is 4.79 Å². The van der Waals surface area contributed by atoms with Gasteiger partial charge in [-0.25, -0.2) is 4.39 Å². The number of carbonyl (C=O) groups is 1. The number of hydrogen-bond acceptors (Lipinski definition) is 6. The predicted octanol–water partition coefficient (Wildman–Crippen LogP) is 4.57. The zero-order valence-electron chi connectivity index (χ0n) is 16.5. The number of carbonyl (C=O) groups excluding carboxylic acids is 1. The fourth-order valence-electron chi connectivity index (χ4n) is 2.88. The van der Waals surface area contributed by atoms with Gasteiger partial charge in [0.1, 0.15) is 17.3 Å². The van der Waals surface area contributed by atoms with E-state index in [9.17, 15) is 9.18 Å². The predicted molar refractivity (Wildman–Crippen MR) is 112 cm³/mol. The van der Waals surface area contributed by atoms with Crippen LogP contribution in [0.3, 0.4) is 0 Å². The Labute approximate surface area is 177 Å². The molecule has 0 bridgehead atoms. The molecular formula is C23H18FN3O4. The van der Waals surface area contributed by atoms with Gasteiger partial charge < -0.3 is 19.3 Å². The van der Waals surface area contributed by atoms with Crippen LogP contribution in [0.4, 0.5) is 10.1 Å². The lowest BCUT2D eigenvalue weighted by Crippen LogP contribution is -2.20. The third-order valence-corrected chi connectivity index (χ3v) is 4.35. The van der Waals surface area contributed by atoms with Gasteiger partial charge in [0, 0.05) is 11.3 Å². The summed E-state index contributed by atoms with van der Waals surface area (Å²) in [5, 5.41) is 6.67. The Morgan fingerprint density at radius 2 is 1.87 bits per heavy atom. The second-order valence-electron chi connectivity index (χ2n) is 6.49. The van der Waals surface area contributed by atoms with E-state index in [1.54, 1.807) is 25.3 Å². The number of para-hydroxylation sites is 1. The normalized spacial score (nSPS) is 10.5. The number of aromatic nitrogens is 2. The molecule has 0 radical (unpaired) electrons. The van der Waals surface area contributed by atoms with Crippen LogP contribution in [0.5, 0.6) is 11.5 Å². The highest BCUT2D eigenvalue weighted by molar-refractivity contribution is 5.91. The van der Waals surface area contributed by atoms with Crippen LogP contribution in [0.15, 0.2) is 77.3 Å². The monoisotopic (exact) mass is 419 g/mol. The topological polar surface area (TPSA) is 86.5 Å². The molecule has 0 aliphatic carbocycles. The summed E-state index contributed by atoms with van der Waals surface area (Å²) >= 11 is 0. The molecule has 0 saturated heterocycles. The van der Waals surface area contributed by atoms with Gasteiger partial charge in [-0.3, -0.25) is 4.79 Å². The summed E-state index contributed by atoms with van der Waals surface area (Å²) in [7, 11) is 1.57. The summed E-state index contributed by atoms with van der Waals surface area (Å²) < 4.78 is 29.2. The highest BCUT2D eigenvalue weighted by Gasteiger charge is 2.15. The maximum atomic E-state index is 12.9. The third-order valence-electron chi connectivity index (χ3n) is 4.35. The fourth-order valence-corrected chi connectivity index (χ4v) is 2.88. The van der Waals surface area contributed by atoms with Gasteiger partial charge in [0.25, 0.3) is 11.8 Å². The van der Waals surface area contributed by atoms with Crippen LogP contribution < -0.4 is 14.8 Å². The molecule has 0 unspecified atom stereocenters. The summed E-state index contributed by atoms with van der Waals surface area (Å²) in [4.78, 5) is 16.5. The fraction of sp³-hybridized carbons (Fsp3) is 0.0870. The molecule has 1 amide bonds.